The van der Waals surface area contributed by atoms with Gasteiger partial charge in [-0.2, -0.15) is 0 Å². The van der Waals surface area contributed by atoms with Crippen LogP contribution in [0.1, 0.15) is 101 Å². The Morgan fingerprint density at radius 1 is 0.756 bits per heavy atom. The molecule has 0 fully saturated rings. The van der Waals surface area contributed by atoms with E-state index in [1.807, 2.05) is 6.07 Å². The lowest BCUT2D eigenvalue weighted by atomic mass is 9.88. The maximum absolute atomic E-state index is 14.5. The van der Waals surface area contributed by atoms with Gasteiger partial charge < -0.3 is 14.8 Å². The van der Waals surface area contributed by atoms with Crippen LogP contribution in [0.4, 0.5) is 15.8 Å². The van der Waals surface area contributed by atoms with Crippen molar-refractivity contribution < 1.29 is 4.39 Å². The Balaban J connectivity index is 1.51. The lowest BCUT2D eigenvalue weighted by Gasteiger charge is -2.31. The van der Waals surface area contributed by atoms with Crippen molar-refractivity contribution in [1.82, 2.24) is 4.57 Å². The Hall–Kier alpha value is -3.79. The number of nitrogens with zero attached hydrogens (tertiary/aromatic N) is 2. The minimum absolute atomic E-state index is 0.0102. The van der Waals surface area contributed by atoms with Gasteiger partial charge in [0, 0.05) is 28.9 Å². The van der Waals surface area contributed by atoms with E-state index in [1.54, 1.807) is 12.1 Å². The Kier molecular flexibility index (Phi) is 7.27. The number of anilines is 2. The van der Waals surface area contributed by atoms with Crippen molar-refractivity contribution in [3.63, 3.8) is 0 Å². The van der Waals surface area contributed by atoms with E-state index in [4.69, 9.17) is 0 Å². The largest absolute Gasteiger partial charge is 0.360 e. The van der Waals surface area contributed by atoms with Crippen molar-refractivity contribution in [1.29, 1.82) is 0 Å². The molecule has 1 atom stereocenters. The number of nitrogens with one attached hydrogen (secondary N) is 1. The lowest BCUT2D eigenvalue weighted by Crippen LogP contribution is -2.29. The molecule has 5 aromatic rings. The van der Waals surface area contributed by atoms with Crippen molar-refractivity contribution >= 4 is 33.2 Å². The molecule has 0 spiro atoms. The minimum Gasteiger partial charge on any atom is -0.360 e. The monoisotopic (exact) mass is 547 g/mol. The van der Waals surface area contributed by atoms with Crippen LogP contribution in [0.15, 0.2) is 78.9 Å². The number of aromatic nitrogens is 1. The molecular formula is C37H42FN3. The number of hydrogen-bond acceptors (Lipinski definition) is 2. The summed E-state index contributed by atoms with van der Waals surface area (Å²) in [5, 5.41) is 6.15. The van der Waals surface area contributed by atoms with Gasteiger partial charge in [0.05, 0.1) is 16.9 Å². The molecule has 212 valence electrons. The molecule has 3 nitrogen and oxygen atoms in total. The van der Waals surface area contributed by atoms with Crippen molar-refractivity contribution in [3.8, 4) is 0 Å². The topological polar surface area (TPSA) is 20.2 Å². The SMILES string of the molecule is CCC(CC)n1c2ccc(C3Nc4ccccc4N3Cc3c(C(C)C)cccc3C(C)C)cc2c2ccc(F)cc21. The van der Waals surface area contributed by atoms with Gasteiger partial charge in [-0.3, -0.25) is 0 Å². The summed E-state index contributed by atoms with van der Waals surface area (Å²) < 4.78 is 16.9. The average Bonchev–Trinajstić information content (AvgIpc) is 3.49. The zero-order chi connectivity index (χ0) is 28.8. The maximum Gasteiger partial charge on any atom is 0.126 e. The summed E-state index contributed by atoms with van der Waals surface area (Å²) in [6.07, 6.45) is 2.01. The van der Waals surface area contributed by atoms with Gasteiger partial charge in [-0.15, -0.1) is 0 Å². The molecule has 0 aliphatic carbocycles. The fourth-order valence-corrected chi connectivity index (χ4v) is 6.97. The molecule has 1 unspecified atom stereocenters. The summed E-state index contributed by atoms with van der Waals surface area (Å²) in [5.74, 6) is 0.707. The first-order valence-electron chi connectivity index (χ1n) is 15.3. The van der Waals surface area contributed by atoms with E-state index in [9.17, 15) is 4.39 Å². The van der Waals surface area contributed by atoms with Gasteiger partial charge in [0.25, 0.3) is 0 Å². The Morgan fingerprint density at radius 3 is 2.15 bits per heavy atom. The second-order valence-electron chi connectivity index (χ2n) is 12.2. The van der Waals surface area contributed by atoms with Crippen LogP contribution in [-0.4, -0.2) is 4.57 Å². The Labute approximate surface area is 244 Å². The molecule has 0 radical (unpaired) electrons. The number of halogens is 1. The van der Waals surface area contributed by atoms with Crippen LogP contribution in [0.3, 0.4) is 0 Å². The molecule has 1 aromatic heterocycles. The minimum atomic E-state index is -0.184. The van der Waals surface area contributed by atoms with Crippen LogP contribution in [0.5, 0.6) is 0 Å². The summed E-state index contributed by atoms with van der Waals surface area (Å²) in [4.78, 5) is 2.53. The summed E-state index contributed by atoms with van der Waals surface area (Å²) in [7, 11) is 0. The van der Waals surface area contributed by atoms with E-state index in [-0.39, 0.29) is 12.0 Å². The van der Waals surface area contributed by atoms with Crippen molar-refractivity contribution in [2.45, 2.75) is 85.0 Å². The normalized spacial score (nSPS) is 15.1. The van der Waals surface area contributed by atoms with Gasteiger partial charge in [-0.1, -0.05) is 77.9 Å². The van der Waals surface area contributed by atoms with E-state index >= 15 is 0 Å². The van der Waals surface area contributed by atoms with Crippen LogP contribution in [0.25, 0.3) is 21.8 Å². The third-order valence-electron chi connectivity index (χ3n) is 9.05. The number of fused-ring (bicyclic) bond motifs is 4. The first-order valence-corrected chi connectivity index (χ1v) is 15.3. The molecule has 1 N–H and O–H groups in total. The highest BCUT2D eigenvalue weighted by molar-refractivity contribution is 6.08. The van der Waals surface area contributed by atoms with E-state index in [1.165, 1.54) is 38.8 Å². The highest BCUT2D eigenvalue weighted by Crippen LogP contribution is 2.45. The number of benzene rings is 4. The van der Waals surface area contributed by atoms with E-state index < -0.39 is 0 Å². The molecule has 0 amide bonds. The predicted octanol–water partition coefficient (Wildman–Crippen LogP) is 10.7. The third kappa shape index (κ3) is 4.67. The molecule has 0 saturated heterocycles. The van der Waals surface area contributed by atoms with E-state index in [0.717, 1.165) is 36.0 Å². The number of para-hydroxylation sites is 2. The highest BCUT2D eigenvalue weighted by Gasteiger charge is 2.32. The fraction of sp³-hybridized carbons (Fsp3) is 0.351. The maximum atomic E-state index is 14.5. The van der Waals surface area contributed by atoms with Gasteiger partial charge in [0.15, 0.2) is 0 Å². The summed E-state index contributed by atoms with van der Waals surface area (Å²) in [5.41, 5.74) is 10.0. The van der Waals surface area contributed by atoms with E-state index in [0.29, 0.717) is 17.9 Å². The molecule has 41 heavy (non-hydrogen) atoms. The van der Waals surface area contributed by atoms with Gasteiger partial charge >= 0.3 is 0 Å². The van der Waals surface area contributed by atoms with E-state index in [2.05, 4.69) is 117 Å². The molecule has 0 bridgehead atoms. The third-order valence-corrected chi connectivity index (χ3v) is 9.05. The van der Waals surface area contributed by atoms with Gasteiger partial charge in [0.1, 0.15) is 12.0 Å². The zero-order valence-electron chi connectivity index (χ0n) is 25.2. The quantitative estimate of drug-likeness (QED) is 0.208. The molecule has 2 heterocycles. The molecular weight excluding hydrogens is 505 g/mol. The lowest BCUT2D eigenvalue weighted by molar-refractivity contribution is 0.497. The van der Waals surface area contributed by atoms with Crippen LogP contribution >= 0.6 is 0 Å². The average molecular weight is 548 g/mol. The van der Waals surface area contributed by atoms with Gasteiger partial charge in [-0.25, -0.2) is 4.39 Å². The second kappa shape index (κ2) is 10.9. The van der Waals surface area contributed by atoms with Crippen LogP contribution in [-0.2, 0) is 6.54 Å². The van der Waals surface area contributed by atoms with Crippen LogP contribution in [0, 0.1) is 5.82 Å². The summed E-state index contributed by atoms with van der Waals surface area (Å²) in [6, 6.07) is 27.9. The molecule has 4 heteroatoms. The Morgan fingerprint density at radius 2 is 1.46 bits per heavy atom. The summed E-state index contributed by atoms with van der Waals surface area (Å²) in [6.45, 7) is 14.4. The molecule has 0 saturated carbocycles. The molecule has 6 rings (SSSR count). The molecule has 1 aliphatic heterocycles. The van der Waals surface area contributed by atoms with Crippen LogP contribution < -0.4 is 10.2 Å². The molecule has 1 aliphatic rings. The first kappa shape index (κ1) is 27.4. The fourth-order valence-electron chi connectivity index (χ4n) is 6.97. The van der Waals surface area contributed by atoms with Crippen LogP contribution in [0.2, 0.25) is 0 Å². The Bertz CT molecular complexity index is 1680. The first-order chi connectivity index (χ1) is 19.8. The second-order valence-corrected chi connectivity index (χ2v) is 12.2. The van der Waals surface area contributed by atoms with Gasteiger partial charge in [-0.05, 0) is 89.4 Å². The van der Waals surface area contributed by atoms with Crippen molar-refractivity contribution in [3.05, 3.63) is 107 Å². The number of hydrogen-bond donors (Lipinski definition) is 1. The van der Waals surface area contributed by atoms with Crippen molar-refractivity contribution in [2.24, 2.45) is 0 Å². The summed E-state index contributed by atoms with van der Waals surface area (Å²) >= 11 is 0. The highest BCUT2D eigenvalue weighted by atomic mass is 19.1. The predicted molar refractivity (Wildman–Crippen MR) is 173 cm³/mol. The number of rotatable bonds is 8. The molecule has 4 aromatic carbocycles. The van der Waals surface area contributed by atoms with Crippen molar-refractivity contribution in [2.75, 3.05) is 10.2 Å². The zero-order valence-corrected chi connectivity index (χ0v) is 25.2. The van der Waals surface area contributed by atoms with Gasteiger partial charge in [0.2, 0.25) is 0 Å². The standard InChI is InChI=1S/C37H42FN3/c1-7-27(8-2)41-34-19-16-25(20-31(34)30-18-17-26(38)21-36(30)41)37-39-33-14-9-10-15-35(33)40(37)22-32-28(23(3)4)12-11-13-29(32)24(5)6/h9-21,23-24,27,37,39H,7-8,22H2,1-6H3. The smallest absolute Gasteiger partial charge is 0.126 e.